The number of aromatic nitrogens is 1. The first kappa shape index (κ1) is 15.2. The molecule has 4 nitrogen and oxygen atoms in total. The largest absolute Gasteiger partial charge is 0.357 e. The first-order chi connectivity index (χ1) is 11.3. The number of anilines is 1. The van der Waals surface area contributed by atoms with Crippen molar-refractivity contribution in [1.29, 1.82) is 0 Å². The van der Waals surface area contributed by atoms with Gasteiger partial charge in [0.2, 0.25) is 0 Å². The summed E-state index contributed by atoms with van der Waals surface area (Å²) in [5.74, 6) is -0.0723. The summed E-state index contributed by atoms with van der Waals surface area (Å²) in [5.41, 5.74) is 2.94. The molecule has 3 aromatic rings. The van der Waals surface area contributed by atoms with Crippen molar-refractivity contribution in [2.75, 3.05) is 12.4 Å². The SMILES string of the molecule is CNC(=O)c1ccc(CNc2ncc(-c3ccccc3)s2)cc1. The lowest BCUT2D eigenvalue weighted by Crippen LogP contribution is -2.17. The zero-order valence-electron chi connectivity index (χ0n) is 12.7. The minimum absolute atomic E-state index is 0.0723. The molecule has 0 fully saturated rings. The molecule has 1 heterocycles. The van der Waals surface area contributed by atoms with E-state index in [2.05, 4.69) is 27.8 Å². The van der Waals surface area contributed by atoms with E-state index in [1.54, 1.807) is 18.4 Å². The third kappa shape index (κ3) is 3.76. The lowest BCUT2D eigenvalue weighted by Gasteiger charge is -2.04. The first-order valence-corrected chi connectivity index (χ1v) is 8.14. The molecule has 0 radical (unpaired) electrons. The molecular weight excluding hydrogens is 306 g/mol. The van der Waals surface area contributed by atoms with Gasteiger partial charge in [0.05, 0.1) is 4.88 Å². The second-order valence-corrected chi connectivity index (χ2v) is 6.06. The zero-order chi connectivity index (χ0) is 16.1. The number of amides is 1. The van der Waals surface area contributed by atoms with Crippen LogP contribution in [0.25, 0.3) is 10.4 Å². The van der Waals surface area contributed by atoms with Gasteiger partial charge >= 0.3 is 0 Å². The predicted molar refractivity (Wildman–Crippen MR) is 94.7 cm³/mol. The Balaban J connectivity index is 1.63. The Morgan fingerprint density at radius 3 is 2.52 bits per heavy atom. The molecule has 116 valence electrons. The van der Waals surface area contributed by atoms with Crippen LogP contribution in [0.5, 0.6) is 0 Å². The third-order valence-corrected chi connectivity index (χ3v) is 4.46. The van der Waals surface area contributed by atoms with Crippen LogP contribution in [0.1, 0.15) is 15.9 Å². The van der Waals surface area contributed by atoms with E-state index in [9.17, 15) is 4.79 Å². The molecule has 0 aliphatic rings. The van der Waals surface area contributed by atoms with Crippen LogP contribution < -0.4 is 10.6 Å². The molecule has 0 spiro atoms. The van der Waals surface area contributed by atoms with Crippen molar-refractivity contribution in [2.45, 2.75) is 6.54 Å². The van der Waals surface area contributed by atoms with Crippen LogP contribution in [0.3, 0.4) is 0 Å². The summed E-state index contributed by atoms with van der Waals surface area (Å²) < 4.78 is 0. The van der Waals surface area contributed by atoms with Gasteiger partial charge in [-0.25, -0.2) is 4.98 Å². The quantitative estimate of drug-likeness (QED) is 0.751. The zero-order valence-corrected chi connectivity index (χ0v) is 13.6. The fraction of sp³-hybridized carbons (Fsp3) is 0.111. The molecule has 1 amide bonds. The molecule has 0 unspecified atom stereocenters. The molecule has 2 N–H and O–H groups in total. The Labute approximate surface area is 139 Å². The van der Waals surface area contributed by atoms with Crippen LogP contribution in [0, 0.1) is 0 Å². The molecule has 0 saturated carbocycles. The molecular formula is C18H17N3OS. The summed E-state index contributed by atoms with van der Waals surface area (Å²) in [6.07, 6.45) is 1.89. The molecule has 3 rings (SSSR count). The molecule has 0 bridgehead atoms. The lowest BCUT2D eigenvalue weighted by atomic mass is 10.1. The van der Waals surface area contributed by atoms with Crippen molar-refractivity contribution in [3.63, 3.8) is 0 Å². The Hall–Kier alpha value is -2.66. The van der Waals surface area contributed by atoms with Gasteiger partial charge in [-0.1, -0.05) is 53.8 Å². The number of hydrogen-bond donors (Lipinski definition) is 2. The van der Waals surface area contributed by atoms with Gasteiger partial charge in [-0.05, 0) is 23.3 Å². The van der Waals surface area contributed by atoms with Gasteiger partial charge in [-0.3, -0.25) is 4.79 Å². The lowest BCUT2D eigenvalue weighted by molar-refractivity contribution is 0.0963. The molecule has 23 heavy (non-hydrogen) atoms. The first-order valence-electron chi connectivity index (χ1n) is 7.32. The van der Waals surface area contributed by atoms with Crippen LogP contribution in [-0.2, 0) is 6.54 Å². The van der Waals surface area contributed by atoms with E-state index in [1.807, 2.05) is 48.7 Å². The van der Waals surface area contributed by atoms with E-state index >= 15 is 0 Å². The van der Waals surface area contributed by atoms with Crippen LogP contribution in [0.15, 0.2) is 60.8 Å². The molecule has 0 aliphatic heterocycles. The highest BCUT2D eigenvalue weighted by molar-refractivity contribution is 7.18. The topological polar surface area (TPSA) is 54.0 Å². The molecule has 5 heteroatoms. The Bertz CT molecular complexity index is 782. The van der Waals surface area contributed by atoms with Gasteiger partial charge < -0.3 is 10.6 Å². The normalized spacial score (nSPS) is 10.3. The third-order valence-electron chi connectivity index (χ3n) is 3.45. The van der Waals surface area contributed by atoms with E-state index in [0.29, 0.717) is 12.1 Å². The highest BCUT2D eigenvalue weighted by atomic mass is 32.1. The van der Waals surface area contributed by atoms with Gasteiger partial charge in [-0.15, -0.1) is 0 Å². The number of carbonyl (C=O) groups is 1. The summed E-state index contributed by atoms with van der Waals surface area (Å²) in [6.45, 7) is 0.676. The smallest absolute Gasteiger partial charge is 0.251 e. The minimum atomic E-state index is -0.0723. The van der Waals surface area contributed by atoms with Gasteiger partial charge in [-0.2, -0.15) is 0 Å². The monoisotopic (exact) mass is 323 g/mol. The average Bonchev–Trinajstić information content (AvgIpc) is 3.09. The maximum atomic E-state index is 11.5. The van der Waals surface area contributed by atoms with Crippen LogP contribution in [0.4, 0.5) is 5.13 Å². The number of thiazole rings is 1. The molecule has 0 atom stereocenters. The summed E-state index contributed by atoms with van der Waals surface area (Å²) in [4.78, 5) is 17.1. The van der Waals surface area contributed by atoms with Gasteiger partial charge in [0, 0.05) is 25.4 Å². The Morgan fingerprint density at radius 1 is 1.09 bits per heavy atom. The fourth-order valence-electron chi connectivity index (χ4n) is 2.19. The summed E-state index contributed by atoms with van der Waals surface area (Å²) in [7, 11) is 1.63. The van der Waals surface area contributed by atoms with Crippen molar-refractivity contribution in [3.05, 3.63) is 71.9 Å². The van der Waals surface area contributed by atoms with Crippen molar-refractivity contribution in [2.24, 2.45) is 0 Å². The van der Waals surface area contributed by atoms with Gasteiger partial charge in [0.15, 0.2) is 5.13 Å². The number of carbonyl (C=O) groups excluding carboxylic acids is 1. The van der Waals surface area contributed by atoms with Crippen molar-refractivity contribution in [1.82, 2.24) is 10.3 Å². The van der Waals surface area contributed by atoms with Crippen molar-refractivity contribution >= 4 is 22.4 Å². The fourth-order valence-corrected chi connectivity index (χ4v) is 3.01. The van der Waals surface area contributed by atoms with E-state index in [-0.39, 0.29) is 5.91 Å². The standard InChI is InChI=1S/C18H17N3OS/c1-19-17(22)15-9-7-13(8-10-15)11-20-18-21-12-16(23-18)14-5-3-2-4-6-14/h2-10,12H,11H2,1H3,(H,19,22)(H,20,21). The summed E-state index contributed by atoms with van der Waals surface area (Å²) in [6, 6.07) is 17.8. The maximum absolute atomic E-state index is 11.5. The second-order valence-electron chi connectivity index (χ2n) is 5.03. The van der Waals surface area contributed by atoms with Crippen molar-refractivity contribution < 1.29 is 4.79 Å². The van der Waals surface area contributed by atoms with E-state index in [1.165, 1.54) is 5.56 Å². The Morgan fingerprint density at radius 2 is 1.83 bits per heavy atom. The predicted octanol–water partition coefficient (Wildman–Crippen LogP) is 3.78. The van der Waals surface area contributed by atoms with Crippen LogP contribution in [-0.4, -0.2) is 17.9 Å². The van der Waals surface area contributed by atoms with Crippen LogP contribution in [0.2, 0.25) is 0 Å². The molecule has 1 aromatic heterocycles. The Kier molecular flexibility index (Phi) is 4.68. The molecule has 0 aliphatic carbocycles. The van der Waals surface area contributed by atoms with Crippen molar-refractivity contribution in [3.8, 4) is 10.4 Å². The van der Waals surface area contributed by atoms with E-state index in [0.717, 1.165) is 15.6 Å². The van der Waals surface area contributed by atoms with Crippen LogP contribution >= 0.6 is 11.3 Å². The highest BCUT2D eigenvalue weighted by Crippen LogP contribution is 2.28. The second kappa shape index (κ2) is 7.07. The highest BCUT2D eigenvalue weighted by Gasteiger charge is 2.05. The average molecular weight is 323 g/mol. The number of benzene rings is 2. The minimum Gasteiger partial charge on any atom is -0.357 e. The number of nitrogens with one attached hydrogen (secondary N) is 2. The van der Waals surface area contributed by atoms with E-state index < -0.39 is 0 Å². The number of hydrogen-bond acceptors (Lipinski definition) is 4. The van der Waals surface area contributed by atoms with Gasteiger partial charge in [0.1, 0.15) is 0 Å². The summed E-state index contributed by atoms with van der Waals surface area (Å²) >= 11 is 1.63. The maximum Gasteiger partial charge on any atom is 0.251 e. The molecule has 0 saturated heterocycles. The summed E-state index contributed by atoms with van der Waals surface area (Å²) in [5, 5.41) is 6.82. The van der Waals surface area contributed by atoms with E-state index in [4.69, 9.17) is 0 Å². The number of nitrogens with zero attached hydrogens (tertiary/aromatic N) is 1. The number of rotatable bonds is 5. The van der Waals surface area contributed by atoms with Gasteiger partial charge in [0.25, 0.3) is 5.91 Å². The molecule has 2 aromatic carbocycles.